The van der Waals surface area contributed by atoms with Crippen LogP contribution < -0.4 is 88.7 Å². The molecule has 0 unspecified atom stereocenters. The molecule has 0 amide bonds. The van der Waals surface area contributed by atoms with E-state index in [2.05, 4.69) is 13.8 Å². The summed E-state index contributed by atoms with van der Waals surface area (Å²) in [7, 11) is -5.17. The van der Waals surface area contributed by atoms with Crippen molar-refractivity contribution in [2.24, 2.45) is 0 Å². The molecule has 0 aliphatic carbocycles. The van der Waals surface area contributed by atoms with E-state index >= 15 is 0 Å². The van der Waals surface area contributed by atoms with Crippen LogP contribution in [-0.4, -0.2) is 17.5 Å². The normalized spacial score (nSPS) is 9.85. The second-order valence-electron chi connectivity index (χ2n) is 6.21. The van der Waals surface area contributed by atoms with Gasteiger partial charge in [-0.25, -0.2) is 0 Å². The molecule has 0 aliphatic rings. The van der Waals surface area contributed by atoms with E-state index in [1.54, 1.807) is 0 Å². The Morgan fingerprint density at radius 3 is 0.962 bits per heavy atom. The molecule has 0 spiro atoms. The van der Waals surface area contributed by atoms with Gasteiger partial charge >= 0.3 is 88.7 Å². The van der Waals surface area contributed by atoms with Crippen molar-refractivity contribution in [1.82, 2.24) is 0 Å². The van der Waals surface area contributed by atoms with Gasteiger partial charge in [-0.3, -0.25) is 8.42 Å². The molecule has 0 aromatic rings. The van der Waals surface area contributed by atoms with Crippen molar-refractivity contribution in [1.29, 1.82) is 0 Å². The Morgan fingerprint density at radius 2 is 0.769 bits per heavy atom. The predicted octanol–water partition coefficient (Wildman–Crippen LogP) is -3.24. The average Bonchev–Trinajstić information content (AvgIpc) is 2.46. The van der Waals surface area contributed by atoms with Gasteiger partial charge in [-0.15, -0.1) is 0 Å². The molecule has 0 heterocycles. The molecular formula is C18H37Na3O4S. The summed E-state index contributed by atoms with van der Waals surface area (Å²) in [6.07, 6.45) is 22.8. The van der Waals surface area contributed by atoms with Crippen LogP contribution in [0.5, 0.6) is 0 Å². The van der Waals surface area contributed by atoms with Crippen LogP contribution in [0.4, 0.5) is 0 Å². The summed E-state index contributed by atoms with van der Waals surface area (Å²) in [4.78, 5) is 0. The third-order valence-electron chi connectivity index (χ3n) is 3.85. The summed E-state index contributed by atoms with van der Waals surface area (Å²) in [6.45, 7) is 6.18. The molecule has 0 radical (unpaired) electrons. The van der Waals surface area contributed by atoms with Crippen molar-refractivity contribution in [3.05, 3.63) is 6.92 Å². The van der Waals surface area contributed by atoms with Gasteiger partial charge in [-0.1, -0.05) is 103 Å². The van der Waals surface area contributed by atoms with Crippen LogP contribution in [0.2, 0.25) is 0 Å². The van der Waals surface area contributed by atoms with Gasteiger partial charge in [0.2, 0.25) is 0 Å². The van der Waals surface area contributed by atoms with Gasteiger partial charge in [0, 0.05) is 10.4 Å². The van der Waals surface area contributed by atoms with Crippen molar-refractivity contribution < 1.29 is 106 Å². The average molecular weight is 419 g/mol. The summed E-state index contributed by atoms with van der Waals surface area (Å²) in [5.41, 5.74) is 0. The first-order valence-electron chi connectivity index (χ1n) is 9.37. The molecule has 0 saturated heterocycles. The van der Waals surface area contributed by atoms with Crippen LogP contribution >= 0.6 is 0 Å². The van der Waals surface area contributed by atoms with Crippen molar-refractivity contribution in [3.8, 4) is 0 Å². The molecule has 0 bridgehead atoms. The molecule has 0 atom stereocenters. The molecule has 0 aliphatic heterocycles. The maximum Gasteiger partial charge on any atom is 1.00 e. The Morgan fingerprint density at radius 1 is 0.577 bits per heavy atom. The zero-order chi connectivity index (χ0) is 17.8. The van der Waals surface area contributed by atoms with E-state index in [4.69, 9.17) is 17.5 Å². The van der Waals surface area contributed by atoms with Crippen LogP contribution in [0.15, 0.2) is 0 Å². The van der Waals surface area contributed by atoms with Crippen molar-refractivity contribution in [2.45, 2.75) is 110 Å². The molecule has 0 N–H and O–H groups in total. The molecule has 142 valence electrons. The third-order valence-corrected chi connectivity index (χ3v) is 3.85. The molecule has 0 fully saturated rings. The van der Waals surface area contributed by atoms with E-state index in [1.807, 2.05) is 0 Å². The second kappa shape index (κ2) is 32.5. The summed E-state index contributed by atoms with van der Waals surface area (Å²) < 4.78 is 34.1. The van der Waals surface area contributed by atoms with Crippen molar-refractivity contribution in [3.63, 3.8) is 0 Å². The van der Waals surface area contributed by atoms with Crippen LogP contribution in [0.25, 0.3) is 0 Å². The largest absolute Gasteiger partial charge is 1.00 e. The van der Waals surface area contributed by atoms with Gasteiger partial charge in [0.1, 0.15) is 0 Å². The molecular weight excluding hydrogens is 381 g/mol. The van der Waals surface area contributed by atoms with E-state index < -0.39 is 10.4 Å². The van der Waals surface area contributed by atoms with E-state index in [9.17, 15) is 0 Å². The zero-order valence-corrected chi connectivity index (χ0v) is 24.9. The minimum atomic E-state index is -5.17. The molecule has 26 heavy (non-hydrogen) atoms. The smallest absolute Gasteiger partial charge is 0.759 e. The quantitative estimate of drug-likeness (QED) is 0.0920. The Bertz CT molecular complexity index is 292. The summed E-state index contributed by atoms with van der Waals surface area (Å²) >= 11 is 0. The fraction of sp³-hybridized carbons (Fsp3) is 0.944. The summed E-state index contributed by atoms with van der Waals surface area (Å²) in [5.74, 6) is 0. The zero-order valence-electron chi connectivity index (χ0n) is 18.1. The summed E-state index contributed by atoms with van der Waals surface area (Å²) in [6, 6.07) is 0. The Kier molecular flexibility index (Phi) is 49.2. The maximum atomic E-state index is 8.52. The SMILES string of the molecule is O=S(=O)([O-])[O-].[CH2-]CCCCCCCCCCCCCCCCC.[Na+].[Na+].[Na+]. The van der Waals surface area contributed by atoms with Gasteiger partial charge in [0.15, 0.2) is 0 Å². The van der Waals surface area contributed by atoms with Crippen molar-refractivity contribution in [2.75, 3.05) is 0 Å². The number of hydrogen-bond donors (Lipinski definition) is 0. The van der Waals surface area contributed by atoms with Crippen molar-refractivity contribution >= 4 is 10.4 Å². The second-order valence-corrected chi connectivity index (χ2v) is 7.03. The van der Waals surface area contributed by atoms with E-state index in [-0.39, 0.29) is 88.7 Å². The van der Waals surface area contributed by atoms with Gasteiger partial charge in [0.25, 0.3) is 0 Å². The molecule has 0 aromatic carbocycles. The summed E-state index contributed by atoms with van der Waals surface area (Å²) in [5, 5.41) is 0. The van der Waals surface area contributed by atoms with Crippen LogP contribution in [0.1, 0.15) is 110 Å². The van der Waals surface area contributed by atoms with Crippen LogP contribution in [0, 0.1) is 6.92 Å². The Labute approximate surface area is 230 Å². The van der Waals surface area contributed by atoms with Crippen LogP contribution in [-0.2, 0) is 10.4 Å². The van der Waals surface area contributed by atoms with Crippen LogP contribution in [0.3, 0.4) is 0 Å². The van der Waals surface area contributed by atoms with E-state index in [0.717, 1.165) is 6.42 Å². The van der Waals surface area contributed by atoms with Gasteiger partial charge < -0.3 is 16.0 Å². The maximum absolute atomic E-state index is 8.52. The fourth-order valence-electron chi connectivity index (χ4n) is 2.55. The van der Waals surface area contributed by atoms with Gasteiger partial charge in [-0.2, -0.15) is 6.42 Å². The van der Waals surface area contributed by atoms with E-state index in [0.29, 0.717) is 0 Å². The minimum Gasteiger partial charge on any atom is -0.759 e. The molecule has 8 heteroatoms. The minimum absolute atomic E-state index is 0. The fourth-order valence-corrected chi connectivity index (χ4v) is 2.55. The van der Waals surface area contributed by atoms with E-state index in [1.165, 1.54) is 96.3 Å². The first-order valence-corrected chi connectivity index (χ1v) is 10.7. The Balaban J connectivity index is -0.000000162. The van der Waals surface area contributed by atoms with Gasteiger partial charge in [-0.05, 0) is 0 Å². The number of hydrogen-bond acceptors (Lipinski definition) is 4. The number of unbranched alkanes of at least 4 members (excludes halogenated alkanes) is 15. The van der Waals surface area contributed by atoms with Gasteiger partial charge in [0.05, 0.1) is 0 Å². The first-order chi connectivity index (χ1) is 10.9. The molecule has 0 aromatic heterocycles. The standard InChI is InChI=1S/C18H37.3Na.H2O4S/c1-3-5-7-9-11-13-15-17-18-16-14-12-10-8-6-4-2;;;;1-5(2,3)4/h1,3-18H2,2H3;;;;(H2,1,2,3,4)/q-1;3*+1;/p-2. The predicted molar refractivity (Wildman–Crippen MR) is 95.4 cm³/mol. The number of rotatable bonds is 15. The molecule has 4 nitrogen and oxygen atoms in total. The Hall–Kier alpha value is 2.87. The monoisotopic (exact) mass is 418 g/mol. The topological polar surface area (TPSA) is 80.3 Å². The first kappa shape index (κ1) is 39.4. The molecule has 0 rings (SSSR count). The third kappa shape index (κ3) is 56.3. The molecule has 0 saturated carbocycles.